The van der Waals surface area contributed by atoms with Gasteiger partial charge in [-0.1, -0.05) is 36.8 Å². The first-order valence-corrected chi connectivity index (χ1v) is 5.23. The second-order valence-corrected chi connectivity index (χ2v) is 3.72. The van der Waals surface area contributed by atoms with Crippen molar-refractivity contribution in [2.75, 3.05) is 0 Å². The molecule has 3 nitrogen and oxygen atoms in total. The molecule has 0 unspecified atom stereocenters. The van der Waals surface area contributed by atoms with E-state index in [-0.39, 0.29) is 0 Å². The van der Waals surface area contributed by atoms with Gasteiger partial charge in [-0.25, -0.2) is 4.98 Å². The van der Waals surface area contributed by atoms with E-state index in [1.54, 1.807) is 0 Å². The Kier molecular flexibility index (Phi) is 2.81. The molecule has 15 heavy (non-hydrogen) atoms. The van der Waals surface area contributed by atoms with E-state index in [1.165, 1.54) is 11.1 Å². The lowest BCUT2D eigenvalue weighted by Crippen LogP contribution is -1.91. The van der Waals surface area contributed by atoms with Gasteiger partial charge in [-0.3, -0.25) is 5.10 Å². The summed E-state index contributed by atoms with van der Waals surface area (Å²) in [4.78, 5) is 4.39. The molecule has 78 valence electrons. The first-order chi connectivity index (χ1) is 7.28. The Morgan fingerprint density at radius 1 is 1.33 bits per heavy atom. The Balaban J connectivity index is 2.14. The van der Waals surface area contributed by atoms with Crippen LogP contribution in [0, 0.1) is 6.92 Å². The van der Waals surface area contributed by atoms with Crippen LogP contribution in [0.2, 0.25) is 0 Å². The summed E-state index contributed by atoms with van der Waals surface area (Å²) in [5, 5.41) is 7.08. The summed E-state index contributed by atoms with van der Waals surface area (Å²) in [5.41, 5.74) is 2.55. The van der Waals surface area contributed by atoms with Crippen LogP contribution in [0.4, 0.5) is 0 Å². The highest BCUT2D eigenvalue weighted by atomic mass is 15.2. The maximum atomic E-state index is 4.39. The zero-order valence-electron chi connectivity index (χ0n) is 9.12. The number of hydrogen-bond donors (Lipinski definition) is 1. The summed E-state index contributed by atoms with van der Waals surface area (Å²) in [6.45, 7) is 4.15. The van der Waals surface area contributed by atoms with E-state index < -0.39 is 0 Å². The van der Waals surface area contributed by atoms with Crippen molar-refractivity contribution in [2.24, 2.45) is 0 Å². The van der Waals surface area contributed by atoms with Crippen molar-refractivity contribution in [3.63, 3.8) is 0 Å². The molecule has 0 aliphatic heterocycles. The number of nitrogens with zero attached hydrogens (tertiary/aromatic N) is 2. The lowest BCUT2D eigenvalue weighted by molar-refractivity contribution is 0.942. The van der Waals surface area contributed by atoms with Crippen LogP contribution in [0.15, 0.2) is 24.3 Å². The fourth-order valence-electron chi connectivity index (χ4n) is 1.59. The van der Waals surface area contributed by atoms with E-state index in [2.05, 4.69) is 53.3 Å². The first kappa shape index (κ1) is 9.90. The molecule has 0 aliphatic carbocycles. The third-order valence-corrected chi connectivity index (χ3v) is 2.35. The highest BCUT2D eigenvalue weighted by molar-refractivity contribution is 5.24. The van der Waals surface area contributed by atoms with Crippen molar-refractivity contribution in [3.05, 3.63) is 47.0 Å². The molecule has 2 rings (SSSR count). The zero-order valence-corrected chi connectivity index (χ0v) is 9.12. The van der Waals surface area contributed by atoms with Crippen molar-refractivity contribution in [1.82, 2.24) is 15.2 Å². The summed E-state index contributed by atoms with van der Waals surface area (Å²) < 4.78 is 0. The summed E-state index contributed by atoms with van der Waals surface area (Å²) in [6.07, 6.45) is 1.71. The van der Waals surface area contributed by atoms with Gasteiger partial charge in [0, 0.05) is 12.8 Å². The molecular formula is C12H15N3. The normalized spacial score (nSPS) is 10.5. The third-order valence-electron chi connectivity index (χ3n) is 2.35. The van der Waals surface area contributed by atoms with Crippen LogP contribution in [0.25, 0.3) is 0 Å². The molecule has 1 aromatic heterocycles. The smallest absolute Gasteiger partial charge is 0.150 e. The average Bonchev–Trinajstić information content (AvgIpc) is 2.65. The Labute approximate surface area is 89.6 Å². The van der Waals surface area contributed by atoms with E-state index >= 15 is 0 Å². The van der Waals surface area contributed by atoms with Crippen molar-refractivity contribution in [3.8, 4) is 0 Å². The Morgan fingerprint density at radius 3 is 2.87 bits per heavy atom. The minimum atomic E-state index is 0.828. The minimum Gasteiger partial charge on any atom is -0.263 e. The van der Waals surface area contributed by atoms with Gasteiger partial charge in [-0.05, 0) is 12.5 Å². The predicted molar refractivity (Wildman–Crippen MR) is 59.7 cm³/mol. The number of rotatable bonds is 3. The molecule has 1 aromatic carbocycles. The molecule has 3 heteroatoms. The van der Waals surface area contributed by atoms with Gasteiger partial charge in [0.05, 0.1) is 0 Å². The molecule has 0 fully saturated rings. The molecule has 0 saturated carbocycles. The van der Waals surface area contributed by atoms with Crippen LogP contribution in [0.1, 0.15) is 29.7 Å². The molecule has 0 radical (unpaired) electrons. The zero-order chi connectivity index (χ0) is 10.7. The van der Waals surface area contributed by atoms with Gasteiger partial charge in [0.1, 0.15) is 11.6 Å². The molecule has 2 aromatic rings. The molecule has 0 aliphatic rings. The quantitative estimate of drug-likeness (QED) is 0.827. The second kappa shape index (κ2) is 4.26. The van der Waals surface area contributed by atoms with Crippen LogP contribution in [-0.4, -0.2) is 15.2 Å². The van der Waals surface area contributed by atoms with E-state index in [4.69, 9.17) is 0 Å². The number of H-pyrrole nitrogens is 1. The summed E-state index contributed by atoms with van der Waals surface area (Å²) >= 11 is 0. The maximum absolute atomic E-state index is 4.39. The molecule has 1 N–H and O–H groups in total. The van der Waals surface area contributed by atoms with Gasteiger partial charge >= 0.3 is 0 Å². The van der Waals surface area contributed by atoms with Crippen LogP contribution in [-0.2, 0) is 12.8 Å². The number of hydrogen-bond acceptors (Lipinski definition) is 2. The first-order valence-electron chi connectivity index (χ1n) is 5.23. The summed E-state index contributed by atoms with van der Waals surface area (Å²) in [7, 11) is 0. The lowest BCUT2D eigenvalue weighted by Gasteiger charge is -1.98. The van der Waals surface area contributed by atoms with Crippen molar-refractivity contribution in [1.29, 1.82) is 0 Å². The van der Waals surface area contributed by atoms with Crippen molar-refractivity contribution >= 4 is 0 Å². The van der Waals surface area contributed by atoms with Gasteiger partial charge in [0.25, 0.3) is 0 Å². The van der Waals surface area contributed by atoms with Crippen LogP contribution in [0.5, 0.6) is 0 Å². The van der Waals surface area contributed by atoms with Gasteiger partial charge in [-0.15, -0.1) is 0 Å². The fraction of sp³-hybridized carbons (Fsp3) is 0.333. The number of nitrogens with one attached hydrogen (secondary N) is 1. The highest BCUT2D eigenvalue weighted by Gasteiger charge is 2.02. The number of aryl methyl sites for hydroxylation is 2. The molecule has 1 heterocycles. The largest absolute Gasteiger partial charge is 0.263 e. The minimum absolute atomic E-state index is 0.828. The predicted octanol–water partition coefficient (Wildman–Crippen LogP) is 2.27. The Hall–Kier alpha value is -1.64. The standard InChI is InChI=1S/C12H15N3/c1-3-11-13-12(15-14-11)8-10-6-4-5-9(2)7-10/h4-7H,3,8H2,1-2H3,(H,13,14,15). The van der Waals surface area contributed by atoms with E-state index in [9.17, 15) is 0 Å². The maximum Gasteiger partial charge on any atom is 0.150 e. The molecule has 0 spiro atoms. The SMILES string of the molecule is CCc1n[nH]c(Cc2cccc(C)c2)n1. The van der Waals surface area contributed by atoms with E-state index in [0.29, 0.717) is 0 Å². The summed E-state index contributed by atoms with van der Waals surface area (Å²) in [6, 6.07) is 8.46. The summed E-state index contributed by atoms with van der Waals surface area (Å²) in [5.74, 6) is 1.83. The molecule has 0 atom stereocenters. The van der Waals surface area contributed by atoms with Crippen molar-refractivity contribution in [2.45, 2.75) is 26.7 Å². The van der Waals surface area contributed by atoms with Crippen molar-refractivity contribution < 1.29 is 0 Å². The molecule has 0 saturated heterocycles. The molecule has 0 bridgehead atoms. The number of benzene rings is 1. The Morgan fingerprint density at radius 2 is 2.20 bits per heavy atom. The fourth-order valence-corrected chi connectivity index (χ4v) is 1.59. The third kappa shape index (κ3) is 2.43. The number of aromatic amines is 1. The van der Waals surface area contributed by atoms with Crippen LogP contribution in [0.3, 0.4) is 0 Å². The second-order valence-electron chi connectivity index (χ2n) is 3.72. The topological polar surface area (TPSA) is 41.6 Å². The van der Waals surface area contributed by atoms with Gasteiger partial charge in [0.15, 0.2) is 0 Å². The average molecular weight is 201 g/mol. The lowest BCUT2D eigenvalue weighted by atomic mass is 10.1. The van der Waals surface area contributed by atoms with Gasteiger partial charge in [0.2, 0.25) is 0 Å². The molecule has 0 amide bonds. The Bertz CT molecular complexity index is 446. The monoisotopic (exact) mass is 201 g/mol. The highest BCUT2D eigenvalue weighted by Crippen LogP contribution is 2.08. The van der Waals surface area contributed by atoms with Crippen LogP contribution < -0.4 is 0 Å². The van der Waals surface area contributed by atoms with Crippen LogP contribution >= 0.6 is 0 Å². The van der Waals surface area contributed by atoms with Gasteiger partial charge < -0.3 is 0 Å². The molecular weight excluding hydrogens is 186 g/mol. The number of aromatic nitrogens is 3. The van der Waals surface area contributed by atoms with E-state index in [0.717, 1.165) is 24.5 Å². The van der Waals surface area contributed by atoms with E-state index in [1.807, 2.05) is 0 Å². The van der Waals surface area contributed by atoms with Gasteiger partial charge in [-0.2, -0.15) is 5.10 Å².